The minimum Gasteiger partial charge on any atom is -0.381 e. The monoisotopic (exact) mass is 301 g/mol. The molecule has 1 aromatic heterocycles. The van der Waals surface area contributed by atoms with Gasteiger partial charge in [0.2, 0.25) is 5.91 Å². The number of hydrogen-bond acceptors (Lipinski definition) is 5. The van der Waals surface area contributed by atoms with Crippen molar-refractivity contribution in [2.75, 3.05) is 18.5 Å². The van der Waals surface area contributed by atoms with Crippen molar-refractivity contribution in [3.8, 4) is 6.07 Å². The van der Waals surface area contributed by atoms with Crippen LogP contribution >= 0.6 is 11.3 Å². The molecule has 5 nitrogen and oxygen atoms in total. The van der Waals surface area contributed by atoms with Crippen LogP contribution in [-0.4, -0.2) is 24.1 Å². The molecular weight excluding hydrogens is 286 g/mol. The lowest BCUT2D eigenvalue weighted by Gasteiger charge is -2.28. The Kier molecular flexibility index (Phi) is 3.62. The van der Waals surface area contributed by atoms with E-state index in [4.69, 9.17) is 4.74 Å². The van der Waals surface area contributed by atoms with Crippen molar-refractivity contribution in [2.24, 2.45) is 5.41 Å². The van der Waals surface area contributed by atoms with E-state index in [0.29, 0.717) is 31.2 Å². The van der Waals surface area contributed by atoms with Crippen molar-refractivity contribution in [1.29, 1.82) is 5.26 Å². The summed E-state index contributed by atoms with van der Waals surface area (Å²) < 4.78 is 6.27. The zero-order valence-corrected chi connectivity index (χ0v) is 12.5. The average Bonchev–Trinajstić information content (AvgIpc) is 2.89. The topological polar surface area (TPSA) is 75.0 Å². The molecule has 108 valence electrons. The molecule has 2 aromatic rings. The number of fused-ring (bicyclic) bond motifs is 1. The number of nitrogens with one attached hydrogen (secondary N) is 1. The molecule has 1 amide bonds. The fourth-order valence-corrected chi connectivity index (χ4v) is 3.37. The molecule has 1 fully saturated rings. The number of aryl methyl sites for hydroxylation is 1. The molecule has 1 N–H and O–H groups in total. The van der Waals surface area contributed by atoms with Gasteiger partial charge in [-0.2, -0.15) is 5.26 Å². The van der Waals surface area contributed by atoms with Gasteiger partial charge >= 0.3 is 0 Å². The Hall–Kier alpha value is -1.97. The number of thiazole rings is 1. The fourth-order valence-electron chi connectivity index (χ4n) is 2.41. The normalized spacial score (nSPS) is 17.3. The molecule has 3 rings (SSSR count). The van der Waals surface area contributed by atoms with Gasteiger partial charge in [-0.05, 0) is 37.5 Å². The summed E-state index contributed by atoms with van der Waals surface area (Å²) in [5.41, 5.74) is 1.02. The Morgan fingerprint density at radius 3 is 2.95 bits per heavy atom. The van der Waals surface area contributed by atoms with Crippen molar-refractivity contribution in [3.05, 3.63) is 23.8 Å². The lowest BCUT2D eigenvalue weighted by Crippen LogP contribution is -2.39. The second-order valence-electron chi connectivity index (χ2n) is 5.25. The predicted octanol–water partition coefficient (Wildman–Crippen LogP) is 2.86. The number of hydrogen-bond donors (Lipinski definition) is 1. The van der Waals surface area contributed by atoms with E-state index in [1.54, 1.807) is 0 Å². The number of nitrogens with zero attached hydrogens (tertiary/aromatic N) is 2. The van der Waals surface area contributed by atoms with Crippen LogP contribution in [0.3, 0.4) is 0 Å². The van der Waals surface area contributed by atoms with E-state index < -0.39 is 5.41 Å². The lowest BCUT2D eigenvalue weighted by atomic mass is 9.81. The second-order valence-corrected chi connectivity index (χ2v) is 6.28. The van der Waals surface area contributed by atoms with Crippen LogP contribution in [0.2, 0.25) is 0 Å². The summed E-state index contributed by atoms with van der Waals surface area (Å²) in [6.45, 7) is 2.91. The highest BCUT2D eigenvalue weighted by molar-refractivity contribution is 7.22. The van der Waals surface area contributed by atoms with Gasteiger partial charge in [0.25, 0.3) is 0 Å². The van der Waals surface area contributed by atoms with Crippen molar-refractivity contribution in [2.45, 2.75) is 19.8 Å². The maximum Gasteiger partial charge on any atom is 0.246 e. The number of amides is 1. The van der Waals surface area contributed by atoms with Gasteiger partial charge < -0.3 is 10.1 Å². The van der Waals surface area contributed by atoms with Crippen LogP contribution in [0, 0.1) is 23.7 Å². The zero-order valence-electron chi connectivity index (χ0n) is 11.7. The first-order valence-electron chi connectivity index (χ1n) is 6.81. The molecule has 1 aromatic carbocycles. The van der Waals surface area contributed by atoms with Crippen molar-refractivity contribution >= 4 is 32.6 Å². The van der Waals surface area contributed by atoms with Gasteiger partial charge in [-0.1, -0.05) is 17.4 Å². The first-order chi connectivity index (χ1) is 10.1. The van der Waals surface area contributed by atoms with Gasteiger partial charge in [0, 0.05) is 13.2 Å². The fraction of sp³-hybridized carbons (Fsp3) is 0.400. The van der Waals surface area contributed by atoms with Crippen LogP contribution in [0.4, 0.5) is 5.13 Å². The Bertz CT molecular complexity index is 726. The third kappa shape index (κ3) is 2.62. The van der Waals surface area contributed by atoms with Crippen LogP contribution in [0.5, 0.6) is 0 Å². The van der Waals surface area contributed by atoms with Crippen molar-refractivity contribution in [1.82, 2.24) is 4.98 Å². The van der Waals surface area contributed by atoms with Gasteiger partial charge in [0.1, 0.15) is 5.41 Å². The molecule has 2 heterocycles. The summed E-state index contributed by atoms with van der Waals surface area (Å²) >= 11 is 1.43. The third-order valence-corrected chi connectivity index (χ3v) is 4.69. The number of nitriles is 1. The van der Waals surface area contributed by atoms with E-state index in [-0.39, 0.29) is 5.91 Å². The Balaban J connectivity index is 1.84. The van der Waals surface area contributed by atoms with Crippen LogP contribution in [0.25, 0.3) is 10.2 Å². The first kappa shape index (κ1) is 14.0. The molecule has 21 heavy (non-hydrogen) atoms. The zero-order chi connectivity index (χ0) is 14.9. The number of aromatic nitrogens is 1. The SMILES string of the molecule is Cc1ccc2nc(NC(=O)C3(C#N)CCOCC3)sc2c1. The quantitative estimate of drug-likeness (QED) is 0.925. The highest BCUT2D eigenvalue weighted by Crippen LogP contribution is 2.33. The Labute approximate surface area is 126 Å². The maximum atomic E-state index is 12.4. The Morgan fingerprint density at radius 2 is 2.24 bits per heavy atom. The number of anilines is 1. The molecule has 0 aliphatic carbocycles. The van der Waals surface area contributed by atoms with E-state index in [0.717, 1.165) is 15.8 Å². The number of rotatable bonds is 2. The highest BCUT2D eigenvalue weighted by Gasteiger charge is 2.40. The van der Waals surface area contributed by atoms with Crippen molar-refractivity contribution in [3.63, 3.8) is 0 Å². The summed E-state index contributed by atoms with van der Waals surface area (Å²) in [7, 11) is 0. The third-order valence-electron chi connectivity index (χ3n) is 3.76. The molecule has 1 saturated heterocycles. The van der Waals surface area contributed by atoms with Gasteiger partial charge in [-0.25, -0.2) is 4.98 Å². The van der Waals surface area contributed by atoms with Crippen molar-refractivity contribution < 1.29 is 9.53 Å². The summed E-state index contributed by atoms with van der Waals surface area (Å²) in [5, 5.41) is 12.7. The molecule has 6 heteroatoms. The van der Waals surface area contributed by atoms with Crippen LogP contribution < -0.4 is 5.32 Å². The standard InChI is InChI=1S/C15H15N3O2S/c1-10-2-3-11-12(8-10)21-14(17-11)18-13(19)15(9-16)4-6-20-7-5-15/h2-3,8H,4-7H2,1H3,(H,17,18,19). The molecule has 0 saturated carbocycles. The lowest BCUT2D eigenvalue weighted by molar-refractivity contribution is -0.126. The van der Waals surface area contributed by atoms with Gasteiger partial charge in [0.05, 0.1) is 16.3 Å². The molecular formula is C15H15N3O2S. The summed E-state index contributed by atoms with van der Waals surface area (Å²) in [4.78, 5) is 16.8. The number of benzene rings is 1. The Morgan fingerprint density at radius 1 is 1.48 bits per heavy atom. The largest absolute Gasteiger partial charge is 0.381 e. The predicted molar refractivity (Wildman–Crippen MR) is 81.1 cm³/mol. The molecule has 0 atom stereocenters. The smallest absolute Gasteiger partial charge is 0.246 e. The number of carbonyl (C=O) groups excluding carboxylic acids is 1. The molecule has 1 aliphatic heterocycles. The summed E-state index contributed by atoms with van der Waals surface area (Å²) in [5.74, 6) is -0.274. The van der Waals surface area contributed by atoms with E-state index in [1.165, 1.54) is 11.3 Å². The van der Waals surface area contributed by atoms with E-state index >= 15 is 0 Å². The van der Waals surface area contributed by atoms with E-state index in [9.17, 15) is 10.1 Å². The molecule has 1 aliphatic rings. The minimum absolute atomic E-state index is 0.274. The van der Waals surface area contributed by atoms with Gasteiger partial charge in [-0.15, -0.1) is 0 Å². The minimum atomic E-state index is -0.994. The maximum absolute atomic E-state index is 12.4. The first-order valence-corrected chi connectivity index (χ1v) is 7.62. The molecule has 0 unspecified atom stereocenters. The average molecular weight is 301 g/mol. The number of ether oxygens (including phenoxy) is 1. The van der Waals surface area contributed by atoms with Gasteiger partial charge in [-0.3, -0.25) is 4.79 Å². The second kappa shape index (κ2) is 5.43. The van der Waals surface area contributed by atoms with Crippen LogP contribution in [0.1, 0.15) is 18.4 Å². The molecule has 0 bridgehead atoms. The summed E-state index contributed by atoms with van der Waals surface area (Å²) in [6.07, 6.45) is 0.860. The van der Waals surface area contributed by atoms with Crippen LogP contribution in [0.15, 0.2) is 18.2 Å². The van der Waals surface area contributed by atoms with Gasteiger partial charge in [0.15, 0.2) is 5.13 Å². The highest BCUT2D eigenvalue weighted by atomic mass is 32.1. The number of carbonyl (C=O) groups is 1. The molecule has 0 spiro atoms. The summed E-state index contributed by atoms with van der Waals surface area (Å²) in [6, 6.07) is 8.13. The van der Waals surface area contributed by atoms with E-state index in [1.807, 2.05) is 25.1 Å². The van der Waals surface area contributed by atoms with E-state index in [2.05, 4.69) is 16.4 Å². The molecule has 0 radical (unpaired) electrons. The van der Waals surface area contributed by atoms with Crippen LogP contribution in [-0.2, 0) is 9.53 Å².